The normalized spacial score (nSPS) is 10.4. The maximum Gasteiger partial charge on any atom is 0.291 e. The molecule has 0 atom stereocenters. The Morgan fingerprint density at radius 3 is 2.83 bits per heavy atom. The number of anilines is 2. The maximum absolute atomic E-state index is 10.8. The van der Waals surface area contributed by atoms with Gasteiger partial charge in [0.2, 0.25) is 0 Å². The average Bonchev–Trinajstić information content (AvgIpc) is 2.70. The summed E-state index contributed by atoms with van der Waals surface area (Å²) in [6, 6.07) is 1.78. The summed E-state index contributed by atoms with van der Waals surface area (Å²) in [6.07, 6.45) is 3.01. The zero-order valence-corrected chi connectivity index (χ0v) is 11.3. The van der Waals surface area contributed by atoms with Crippen molar-refractivity contribution in [2.24, 2.45) is 7.05 Å². The van der Waals surface area contributed by atoms with E-state index in [0.29, 0.717) is 21.7 Å². The lowest BCUT2D eigenvalue weighted by molar-refractivity contribution is -0.385. The van der Waals surface area contributed by atoms with E-state index in [0.717, 1.165) is 0 Å². The number of nitrogens with zero attached hydrogens (tertiary/aromatic N) is 4. The van der Waals surface area contributed by atoms with Crippen LogP contribution in [-0.4, -0.2) is 19.7 Å². The van der Waals surface area contributed by atoms with E-state index in [1.54, 1.807) is 30.9 Å². The molecule has 0 bridgehead atoms. The van der Waals surface area contributed by atoms with Crippen LogP contribution in [0.5, 0.6) is 0 Å². The van der Waals surface area contributed by atoms with Crippen LogP contribution in [0.1, 0.15) is 5.56 Å². The van der Waals surface area contributed by atoms with E-state index in [9.17, 15) is 10.1 Å². The Labute approximate surface area is 111 Å². The van der Waals surface area contributed by atoms with Crippen molar-refractivity contribution in [3.8, 4) is 0 Å². The van der Waals surface area contributed by atoms with Crippen molar-refractivity contribution >= 4 is 33.3 Å². The Morgan fingerprint density at radius 2 is 2.28 bits per heavy atom. The molecule has 0 fully saturated rings. The molecule has 94 valence electrons. The van der Waals surface area contributed by atoms with Crippen molar-refractivity contribution in [3.05, 3.63) is 38.6 Å². The van der Waals surface area contributed by atoms with Crippen LogP contribution >= 0.6 is 15.9 Å². The first-order chi connectivity index (χ1) is 8.49. The van der Waals surface area contributed by atoms with Gasteiger partial charge in [0, 0.05) is 24.9 Å². The number of hydrogen-bond acceptors (Lipinski definition) is 5. The first-order valence-corrected chi connectivity index (χ1v) is 5.84. The van der Waals surface area contributed by atoms with E-state index in [-0.39, 0.29) is 5.69 Å². The molecule has 18 heavy (non-hydrogen) atoms. The average molecular weight is 312 g/mol. The number of rotatable bonds is 3. The summed E-state index contributed by atoms with van der Waals surface area (Å²) in [5.41, 5.74) is 0.502. The molecule has 0 aliphatic heterocycles. The van der Waals surface area contributed by atoms with E-state index in [4.69, 9.17) is 0 Å². The van der Waals surface area contributed by atoms with Crippen LogP contribution in [0.3, 0.4) is 0 Å². The molecule has 0 unspecified atom stereocenters. The summed E-state index contributed by atoms with van der Waals surface area (Å²) in [4.78, 5) is 14.3. The van der Waals surface area contributed by atoms with E-state index in [2.05, 4.69) is 31.3 Å². The van der Waals surface area contributed by atoms with Gasteiger partial charge in [-0.15, -0.1) is 0 Å². The third-order valence-corrected chi connectivity index (χ3v) is 3.36. The van der Waals surface area contributed by atoms with Gasteiger partial charge in [0.15, 0.2) is 5.82 Å². The van der Waals surface area contributed by atoms with Gasteiger partial charge in [-0.05, 0) is 22.9 Å². The lowest BCUT2D eigenvalue weighted by Crippen LogP contribution is -2.00. The molecule has 0 saturated heterocycles. The molecule has 8 heteroatoms. The van der Waals surface area contributed by atoms with Gasteiger partial charge in [-0.2, -0.15) is 5.10 Å². The van der Waals surface area contributed by atoms with Crippen LogP contribution < -0.4 is 5.32 Å². The highest BCUT2D eigenvalue weighted by atomic mass is 79.9. The van der Waals surface area contributed by atoms with Crippen LogP contribution in [0.4, 0.5) is 17.3 Å². The molecule has 2 heterocycles. The SMILES string of the molecule is Cc1c([N+](=O)[O-])cnc(Nc2ccn(C)n2)c1Br. The molecule has 0 aliphatic carbocycles. The molecule has 0 radical (unpaired) electrons. The molecular formula is C10H10BrN5O2. The Bertz CT molecular complexity index is 610. The summed E-state index contributed by atoms with van der Waals surface area (Å²) in [7, 11) is 1.80. The third-order valence-electron chi connectivity index (χ3n) is 2.39. The van der Waals surface area contributed by atoms with Crippen LogP contribution in [0, 0.1) is 17.0 Å². The van der Waals surface area contributed by atoms with E-state index < -0.39 is 4.92 Å². The number of aryl methyl sites for hydroxylation is 1. The van der Waals surface area contributed by atoms with Gasteiger partial charge < -0.3 is 5.32 Å². The van der Waals surface area contributed by atoms with E-state index >= 15 is 0 Å². The van der Waals surface area contributed by atoms with Crippen molar-refractivity contribution in [2.75, 3.05) is 5.32 Å². The third kappa shape index (κ3) is 2.33. The molecule has 1 N–H and O–H groups in total. The minimum absolute atomic E-state index is 0.0200. The quantitative estimate of drug-likeness (QED) is 0.695. The second-order valence-electron chi connectivity index (χ2n) is 3.69. The largest absolute Gasteiger partial charge is 0.323 e. The van der Waals surface area contributed by atoms with Gasteiger partial charge in [0.1, 0.15) is 12.0 Å². The highest BCUT2D eigenvalue weighted by Crippen LogP contribution is 2.31. The number of nitro groups is 1. The predicted molar refractivity (Wildman–Crippen MR) is 69.8 cm³/mol. The molecule has 2 aromatic rings. The Hall–Kier alpha value is -1.96. The summed E-state index contributed by atoms with van der Waals surface area (Å²) >= 11 is 3.30. The first kappa shape index (κ1) is 12.5. The lowest BCUT2D eigenvalue weighted by atomic mass is 10.2. The summed E-state index contributed by atoms with van der Waals surface area (Å²) < 4.78 is 2.21. The molecule has 2 aromatic heterocycles. The second-order valence-corrected chi connectivity index (χ2v) is 4.48. The molecule has 0 saturated carbocycles. The zero-order chi connectivity index (χ0) is 13.3. The van der Waals surface area contributed by atoms with Gasteiger partial charge in [0.05, 0.1) is 9.40 Å². The topological polar surface area (TPSA) is 85.9 Å². The summed E-state index contributed by atoms with van der Waals surface area (Å²) in [6.45, 7) is 1.66. The van der Waals surface area contributed by atoms with Crippen LogP contribution in [0.15, 0.2) is 22.9 Å². The highest BCUT2D eigenvalue weighted by molar-refractivity contribution is 9.10. The van der Waals surface area contributed by atoms with Gasteiger partial charge in [0.25, 0.3) is 5.69 Å². The molecule has 7 nitrogen and oxygen atoms in total. The summed E-state index contributed by atoms with van der Waals surface area (Å²) in [5, 5.41) is 17.9. The van der Waals surface area contributed by atoms with Crippen molar-refractivity contribution in [2.45, 2.75) is 6.92 Å². The fourth-order valence-corrected chi connectivity index (χ4v) is 1.85. The highest BCUT2D eigenvalue weighted by Gasteiger charge is 2.17. The number of hydrogen-bond donors (Lipinski definition) is 1. The monoisotopic (exact) mass is 311 g/mol. The molecule has 0 aromatic carbocycles. The fourth-order valence-electron chi connectivity index (χ4n) is 1.44. The standard InChI is InChI=1S/C10H10BrN5O2/c1-6-7(16(17)18)5-12-10(9(6)11)13-8-3-4-15(2)14-8/h3-5H,1-2H3,(H,12,13,14). The minimum Gasteiger partial charge on any atom is -0.323 e. The van der Waals surface area contributed by atoms with Crippen LogP contribution in [-0.2, 0) is 7.05 Å². The van der Waals surface area contributed by atoms with Crippen molar-refractivity contribution < 1.29 is 4.92 Å². The fraction of sp³-hybridized carbons (Fsp3) is 0.200. The Balaban J connectivity index is 2.35. The summed E-state index contributed by atoms with van der Waals surface area (Å²) in [5.74, 6) is 1.12. The molecule has 0 aliphatic rings. The minimum atomic E-state index is -0.461. The number of aromatic nitrogens is 3. The van der Waals surface area contributed by atoms with Crippen molar-refractivity contribution in [1.82, 2.24) is 14.8 Å². The lowest BCUT2D eigenvalue weighted by Gasteiger charge is -2.07. The van der Waals surface area contributed by atoms with Gasteiger partial charge >= 0.3 is 0 Å². The predicted octanol–water partition coefficient (Wildman–Crippen LogP) is 2.54. The van der Waals surface area contributed by atoms with Crippen molar-refractivity contribution in [1.29, 1.82) is 0 Å². The first-order valence-electron chi connectivity index (χ1n) is 5.05. The van der Waals surface area contributed by atoms with Crippen LogP contribution in [0.25, 0.3) is 0 Å². The Morgan fingerprint density at radius 1 is 1.56 bits per heavy atom. The molecular weight excluding hydrogens is 302 g/mol. The second kappa shape index (κ2) is 4.73. The number of halogens is 1. The Kier molecular flexibility index (Phi) is 3.28. The van der Waals surface area contributed by atoms with Gasteiger partial charge in [-0.3, -0.25) is 14.8 Å². The number of pyridine rings is 1. The van der Waals surface area contributed by atoms with Gasteiger partial charge in [-0.1, -0.05) is 0 Å². The van der Waals surface area contributed by atoms with E-state index in [1.165, 1.54) is 6.20 Å². The molecule has 0 spiro atoms. The van der Waals surface area contributed by atoms with Crippen LogP contribution in [0.2, 0.25) is 0 Å². The molecule has 2 rings (SSSR count). The number of nitrogens with one attached hydrogen (secondary N) is 1. The van der Waals surface area contributed by atoms with E-state index in [1.807, 2.05) is 0 Å². The maximum atomic E-state index is 10.8. The smallest absolute Gasteiger partial charge is 0.291 e. The van der Waals surface area contributed by atoms with Gasteiger partial charge in [-0.25, -0.2) is 4.98 Å². The molecule has 0 amide bonds. The zero-order valence-electron chi connectivity index (χ0n) is 9.72. The van der Waals surface area contributed by atoms with Crippen molar-refractivity contribution in [3.63, 3.8) is 0 Å².